The van der Waals surface area contributed by atoms with Crippen LogP contribution in [-0.4, -0.2) is 56.7 Å². The van der Waals surface area contributed by atoms with Crippen molar-refractivity contribution in [2.45, 2.75) is 44.9 Å². The minimum atomic E-state index is -0.970. The lowest BCUT2D eigenvalue weighted by atomic mass is 10.0. The Morgan fingerprint density at radius 2 is 2.00 bits per heavy atom. The molecule has 3 aromatic rings. The third kappa shape index (κ3) is 4.66. The molecule has 0 radical (unpaired) electrons. The first-order chi connectivity index (χ1) is 16.3. The van der Waals surface area contributed by atoms with Crippen LogP contribution in [0.5, 0.6) is 0 Å². The van der Waals surface area contributed by atoms with Crippen molar-refractivity contribution in [2.24, 2.45) is 0 Å². The van der Waals surface area contributed by atoms with Crippen molar-refractivity contribution < 1.29 is 14.3 Å². The van der Waals surface area contributed by atoms with Crippen LogP contribution < -0.4 is 5.32 Å². The van der Waals surface area contributed by atoms with E-state index in [2.05, 4.69) is 27.3 Å². The van der Waals surface area contributed by atoms with Gasteiger partial charge in [-0.2, -0.15) is 0 Å². The number of nitrogens with one attached hydrogen (secondary N) is 1. The Hall–Kier alpha value is -2.94. The predicted molar refractivity (Wildman–Crippen MR) is 129 cm³/mol. The van der Waals surface area contributed by atoms with Gasteiger partial charge in [0.05, 0.1) is 0 Å². The number of anilines is 2. The van der Waals surface area contributed by atoms with E-state index in [1.54, 1.807) is 0 Å². The molecule has 2 fully saturated rings. The average Bonchev–Trinajstić information content (AvgIpc) is 3.39. The first kappa shape index (κ1) is 22.8. The molecular weight excluding hydrogens is 454 g/mol. The molecule has 1 saturated carbocycles. The molecule has 1 saturated heterocycles. The van der Waals surface area contributed by atoms with Gasteiger partial charge in [0.1, 0.15) is 5.60 Å². The Balaban J connectivity index is 1.26. The van der Waals surface area contributed by atoms with Crippen molar-refractivity contribution in [3.63, 3.8) is 0 Å². The lowest BCUT2D eigenvalue weighted by molar-refractivity contribution is 0.0475. The first-order valence-electron chi connectivity index (χ1n) is 11.5. The molecule has 34 heavy (non-hydrogen) atoms. The smallest absolute Gasteiger partial charge is 0.320 e. The number of hydrogen-bond donors (Lipinski definition) is 2. The average molecular weight is 482 g/mol. The fourth-order valence-corrected chi connectivity index (χ4v) is 4.65. The molecule has 0 bridgehead atoms. The fraction of sp³-hybridized carbons (Fsp3) is 0.400. The van der Waals surface area contributed by atoms with Crippen LogP contribution in [-0.2, 0) is 12.1 Å². The summed E-state index contributed by atoms with van der Waals surface area (Å²) in [5.74, 6) is 0.319. The quantitative estimate of drug-likeness (QED) is 0.547. The van der Waals surface area contributed by atoms with Crippen LogP contribution in [0, 0.1) is 6.92 Å². The molecule has 178 valence electrons. The second-order valence-electron chi connectivity index (χ2n) is 9.26. The summed E-state index contributed by atoms with van der Waals surface area (Å²) in [4.78, 5) is 17.2. The number of rotatable bonds is 6. The maximum absolute atomic E-state index is 12.9. The van der Waals surface area contributed by atoms with Gasteiger partial charge in [-0.05, 0) is 62.1 Å². The van der Waals surface area contributed by atoms with Crippen LogP contribution in [0.4, 0.5) is 11.7 Å². The van der Waals surface area contributed by atoms with Crippen LogP contribution in [0.3, 0.4) is 0 Å². The van der Waals surface area contributed by atoms with Crippen molar-refractivity contribution in [3.05, 3.63) is 70.1 Å². The lowest BCUT2D eigenvalue weighted by Gasteiger charge is -2.40. The largest absolute Gasteiger partial charge is 0.405 e. The highest BCUT2D eigenvalue weighted by molar-refractivity contribution is 6.31. The monoisotopic (exact) mass is 481 g/mol. The van der Waals surface area contributed by atoms with Gasteiger partial charge in [-0.3, -0.25) is 9.69 Å². The van der Waals surface area contributed by atoms with E-state index >= 15 is 0 Å². The number of benzene rings is 2. The summed E-state index contributed by atoms with van der Waals surface area (Å²) >= 11 is 6.44. The molecule has 1 aliphatic carbocycles. The van der Waals surface area contributed by atoms with Gasteiger partial charge in [-0.25, -0.2) is 0 Å². The standard InChI is InChI=1S/C25H28ClN5O3/c1-16-14-30(10-11-31(16)22(32)18-6-4-3-5-7-18)15-19-12-20(26)13-21(17(19)2)27-24-29-28-23(34-24)25(33)8-9-25/h3-7,12-13,16,33H,8-11,14-15H2,1-2H3,(H,27,29)/t16-/m0/s1. The van der Waals surface area contributed by atoms with Gasteiger partial charge in [0.15, 0.2) is 0 Å². The number of aliphatic hydroxyl groups is 1. The van der Waals surface area contributed by atoms with Gasteiger partial charge in [-0.15, -0.1) is 5.10 Å². The van der Waals surface area contributed by atoms with Gasteiger partial charge in [0.25, 0.3) is 5.91 Å². The summed E-state index contributed by atoms with van der Waals surface area (Å²) in [5, 5.41) is 21.9. The van der Waals surface area contributed by atoms with Crippen LogP contribution in [0.25, 0.3) is 0 Å². The molecule has 2 aliphatic rings. The Morgan fingerprint density at radius 1 is 1.24 bits per heavy atom. The molecule has 0 spiro atoms. The Kier molecular flexibility index (Phi) is 6.06. The van der Waals surface area contributed by atoms with E-state index in [1.807, 2.05) is 54.3 Å². The zero-order valence-electron chi connectivity index (χ0n) is 19.3. The summed E-state index contributed by atoms with van der Waals surface area (Å²) in [6.45, 7) is 7.06. The highest BCUT2D eigenvalue weighted by Gasteiger charge is 2.47. The summed E-state index contributed by atoms with van der Waals surface area (Å²) in [7, 11) is 0. The highest BCUT2D eigenvalue weighted by atomic mass is 35.5. The summed E-state index contributed by atoms with van der Waals surface area (Å²) in [5.41, 5.74) is 2.66. The molecule has 2 N–H and O–H groups in total. The van der Waals surface area contributed by atoms with E-state index in [0.29, 0.717) is 31.0 Å². The molecule has 1 atom stereocenters. The van der Waals surface area contributed by atoms with Crippen LogP contribution in [0.1, 0.15) is 47.1 Å². The van der Waals surface area contributed by atoms with E-state index in [9.17, 15) is 9.90 Å². The molecule has 9 heteroatoms. The van der Waals surface area contributed by atoms with Gasteiger partial charge < -0.3 is 19.7 Å². The molecule has 1 amide bonds. The normalized spacial score (nSPS) is 19.8. The number of carbonyl (C=O) groups is 1. The van der Waals surface area contributed by atoms with Gasteiger partial charge in [-0.1, -0.05) is 34.9 Å². The lowest BCUT2D eigenvalue weighted by Crippen LogP contribution is -2.53. The Morgan fingerprint density at radius 3 is 2.71 bits per heavy atom. The molecule has 1 aromatic heterocycles. The number of aromatic nitrogens is 2. The SMILES string of the molecule is Cc1c(CN2CCN(C(=O)c3ccccc3)[C@@H](C)C2)cc(Cl)cc1Nc1nnc(C2(O)CC2)o1. The second-order valence-corrected chi connectivity index (χ2v) is 9.69. The third-order valence-electron chi connectivity index (χ3n) is 6.66. The number of piperazine rings is 1. The van der Waals surface area contributed by atoms with Crippen LogP contribution in [0.2, 0.25) is 5.02 Å². The van der Waals surface area contributed by atoms with Crippen molar-refractivity contribution >= 4 is 29.2 Å². The van der Waals surface area contributed by atoms with Crippen molar-refractivity contribution in [1.82, 2.24) is 20.0 Å². The number of nitrogens with zero attached hydrogens (tertiary/aromatic N) is 4. The Bertz CT molecular complexity index is 1190. The van der Waals surface area contributed by atoms with E-state index < -0.39 is 5.60 Å². The molecule has 8 nitrogen and oxygen atoms in total. The summed E-state index contributed by atoms with van der Waals surface area (Å²) in [6.07, 6.45) is 1.27. The molecule has 0 unspecified atom stereocenters. The summed E-state index contributed by atoms with van der Waals surface area (Å²) < 4.78 is 5.61. The molecular formula is C25H28ClN5O3. The maximum Gasteiger partial charge on any atom is 0.320 e. The number of amides is 1. The molecule has 1 aliphatic heterocycles. The molecule has 2 heterocycles. The number of hydrogen-bond acceptors (Lipinski definition) is 7. The van der Waals surface area contributed by atoms with E-state index in [-0.39, 0.29) is 23.9 Å². The van der Waals surface area contributed by atoms with Crippen LogP contribution >= 0.6 is 11.6 Å². The third-order valence-corrected chi connectivity index (χ3v) is 6.87. The topological polar surface area (TPSA) is 94.7 Å². The number of carbonyl (C=O) groups excluding carboxylic acids is 1. The van der Waals surface area contributed by atoms with E-state index in [1.165, 1.54) is 0 Å². The van der Waals surface area contributed by atoms with Crippen LogP contribution in [0.15, 0.2) is 46.9 Å². The van der Waals surface area contributed by atoms with Crippen molar-refractivity contribution in [1.29, 1.82) is 0 Å². The molecule has 5 rings (SSSR count). The van der Waals surface area contributed by atoms with Crippen molar-refractivity contribution in [3.8, 4) is 0 Å². The maximum atomic E-state index is 12.9. The Labute approximate surface area is 203 Å². The minimum absolute atomic E-state index is 0.0768. The van der Waals surface area contributed by atoms with Gasteiger partial charge >= 0.3 is 6.01 Å². The zero-order chi connectivity index (χ0) is 23.9. The van der Waals surface area contributed by atoms with Gasteiger partial charge in [0, 0.05) is 48.5 Å². The minimum Gasteiger partial charge on any atom is -0.405 e. The number of halogens is 1. The van der Waals surface area contributed by atoms with Gasteiger partial charge in [0.2, 0.25) is 5.89 Å². The highest BCUT2D eigenvalue weighted by Crippen LogP contribution is 2.45. The molecule has 2 aromatic carbocycles. The first-order valence-corrected chi connectivity index (χ1v) is 11.9. The van der Waals surface area contributed by atoms with Crippen molar-refractivity contribution in [2.75, 3.05) is 25.0 Å². The second kappa shape index (κ2) is 9.02. The zero-order valence-corrected chi connectivity index (χ0v) is 20.0. The predicted octanol–water partition coefficient (Wildman–Crippen LogP) is 4.10. The summed E-state index contributed by atoms with van der Waals surface area (Å²) in [6, 6.07) is 13.6. The van der Waals surface area contributed by atoms with E-state index in [0.717, 1.165) is 35.5 Å². The fourth-order valence-electron chi connectivity index (χ4n) is 4.40. The van der Waals surface area contributed by atoms with E-state index in [4.69, 9.17) is 16.0 Å².